The van der Waals surface area contributed by atoms with Gasteiger partial charge in [0.2, 0.25) is 5.91 Å². The van der Waals surface area contributed by atoms with Crippen molar-refractivity contribution in [2.24, 2.45) is 14.1 Å². The molecule has 0 atom stereocenters. The van der Waals surface area contributed by atoms with Crippen LogP contribution in [0.5, 0.6) is 0 Å². The molecule has 0 saturated carbocycles. The molecule has 7 heteroatoms. The summed E-state index contributed by atoms with van der Waals surface area (Å²) in [5.74, 6) is 0.496. The summed E-state index contributed by atoms with van der Waals surface area (Å²) in [6.07, 6.45) is 3.76. The lowest BCUT2D eigenvalue weighted by Gasteiger charge is -2.15. The number of nitrogens with one attached hydrogen (secondary N) is 1. The molecule has 0 aliphatic carbocycles. The summed E-state index contributed by atoms with van der Waals surface area (Å²) in [6, 6.07) is 1.77. The van der Waals surface area contributed by atoms with E-state index < -0.39 is 0 Å². The fraction of sp³-hybridized carbons (Fsp3) is 0.462. The largest absolute Gasteiger partial charge is 0.308 e. The van der Waals surface area contributed by atoms with E-state index in [0.717, 1.165) is 11.3 Å². The minimum absolute atomic E-state index is 0.0762. The first-order chi connectivity index (χ1) is 9.44. The van der Waals surface area contributed by atoms with Gasteiger partial charge in [-0.2, -0.15) is 10.2 Å². The van der Waals surface area contributed by atoms with Gasteiger partial charge in [-0.25, -0.2) is 0 Å². The number of amides is 1. The molecule has 1 amide bonds. The molecular weight excluding hydrogens is 256 g/mol. The molecule has 2 heterocycles. The number of anilines is 1. The number of hydrogen-bond donors (Lipinski definition) is 1. The Labute approximate surface area is 118 Å². The Balaban J connectivity index is 1.86. The van der Waals surface area contributed by atoms with Gasteiger partial charge in [-0.05, 0) is 14.0 Å². The highest BCUT2D eigenvalue weighted by Crippen LogP contribution is 2.08. The van der Waals surface area contributed by atoms with E-state index in [0.29, 0.717) is 18.9 Å². The van der Waals surface area contributed by atoms with Crippen molar-refractivity contribution in [2.45, 2.75) is 13.5 Å². The SMILES string of the molecule is Cc1nn(C)cc1CN(C)CC(=O)Nc1ccn(C)n1. The number of hydrogen-bond acceptors (Lipinski definition) is 4. The van der Waals surface area contributed by atoms with Gasteiger partial charge < -0.3 is 5.32 Å². The number of carbonyl (C=O) groups is 1. The zero-order chi connectivity index (χ0) is 14.7. The van der Waals surface area contributed by atoms with Crippen LogP contribution in [-0.2, 0) is 25.4 Å². The molecule has 0 unspecified atom stereocenters. The average molecular weight is 276 g/mol. The Morgan fingerprint density at radius 2 is 2.10 bits per heavy atom. The predicted molar refractivity (Wildman–Crippen MR) is 76.1 cm³/mol. The maximum absolute atomic E-state index is 11.9. The lowest BCUT2D eigenvalue weighted by molar-refractivity contribution is -0.117. The van der Waals surface area contributed by atoms with Crippen molar-refractivity contribution in [2.75, 3.05) is 18.9 Å². The van der Waals surface area contributed by atoms with E-state index in [1.807, 2.05) is 39.2 Å². The maximum Gasteiger partial charge on any atom is 0.239 e. The standard InChI is InChI=1S/C13H20N6O/c1-10-11(8-19(4)15-10)7-17(2)9-13(20)14-12-5-6-18(3)16-12/h5-6,8H,7,9H2,1-4H3,(H,14,16,20). The Bertz CT molecular complexity index is 600. The average Bonchev–Trinajstić information content (AvgIpc) is 2.85. The van der Waals surface area contributed by atoms with E-state index in [2.05, 4.69) is 15.5 Å². The van der Waals surface area contributed by atoms with Crippen LogP contribution in [0, 0.1) is 6.92 Å². The quantitative estimate of drug-likeness (QED) is 0.865. The van der Waals surface area contributed by atoms with Crippen molar-refractivity contribution >= 4 is 11.7 Å². The van der Waals surface area contributed by atoms with Gasteiger partial charge in [0.05, 0.1) is 12.2 Å². The van der Waals surface area contributed by atoms with E-state index in [1.165, 1.54) is 0 Å². The first kappa shape index (κ1) is 14.3. The molecule has 0 radical (unpaired) electrons. The topological polar surface area (TPSA) is 68.0 Å². The molecule has 0 bridgehead atoms. The number of rotatable bonds is 5. The van der Waals surface area contributed by atoms with Crippen LogP contribution in [0.15, 0.2) is 18.5 Å². The highest BCUT2D eigenvalue weighted by Gasteiger charge is 2.11. The van der Waals surface area contributed by atoms with E-state index in [4.69, 9.17) is 0 Å². The van der Waals surface area contributed by atoms with Gasteiger partial charge in [-0.3, -0.25) is 19.1 Å². The normalized spacial score (nSPS) is 11.1. The third-order valence-corrected chi connectivity index (χ3v) is 2.95. The number of nitrogens with zero attached hydrogens (tertiary/aromatic N) is 5. The maximum atomic E-state index is 11.9. The third-order valence-electron chi connectivity index (χ3n) is 2.95. The predicted octanol–water partition coefficient (Wildman–Crippen LogP) is 0.533. The van der Waals surface area contributed by atoms with Crippen molar-refractivity contribution in [1.29, 1.82) is 0 Å². The summed E-state index contributed by atoms with van der Waals surface area (Å²) in [5, 5.41) is 11.2. The van der Waals surface area contributed by atoms with Crippen molar-refractivity contribution < 1.29 is 4.79 Å². The molecule has 108 valence electrons. The summed E-state index contributed by atoms with van der Waals surface area (Å²) in [6.45, 7) is 2.97. The molecule has 0 saturated heterocycles. The molecule has 0 fully saturated rings. The van der Waals surface area contributed by atoms with E-state index in [9.17, 15) is 4.79 Å². The van der Waals surface area contributed by atoms with E-state index in [-0.39, 0.29) is 5.91 Å². The molecule has 2 aromatic heterocycles. The van der Waals surface area contributed by atoms with Gasteiger partial charge in [0, 0.05) is 44.7 Å². The zero-order valence-electron chi connectivity index (χ0n) is 12.3. The molecule has 20 heavy (non-hydrogen) atoms. The molecule has 2 aromatic rings. The summed E-state index contributed by atoms with van der Waals surface area (Å²) in [7, 11) is 5.61. The first-order valence-electron chi connectivity index (χ1n) is 6.41. The van der Waals surface area contributed by atoms with Crippen LogP contribution in [-0.4, -0.2) is 44.0 Å². The van der Waals surface area contributed by atoms with E-state index in [1.54, 1.807) is 21.6 Å². The monoisotopic (exact) mass is 276 g/mol. The van der Waals surface area contributed by atoms with Crippen LogP contribution in [0.4, 0.5) is 5.82 Å². The minimum atomic E-state index is -0.0762. The van der Waals surface area contributed by atoms with Gasteiger partial charge in [-0.15, -0.1) is 0 Å². The molecule has 0 aromatic carbocycles. The third kappa shape index (κ3) is 3.67. The highest BCUT2D eigenvalue weighted by atomic mass is 16.2. The van der Waals surface area contributed by atoms with Crippen molar-refractivity contribution in [3.05, 3.63) is 29.7 Å². The minimum Gasteiger partial charge on any atom is -0.308 e. The lowest BCUT2D eigenvalue weighted by atomic mass is 10.2. The van der Waals surface area contributed by atoms with Gasteiger partial charge in [0.1, 0.15) is 0 Å². The van der Waals surface area contributed by atoms with Gasteiger partial charge in [-0.1, -0.05) is 0 Å². The van der Waals surface area contributed by atoms with Crippen LogP contribution in [0.2, 0.25) is 0 Å². The molecule has 2 rings (SSSR count). The molecule has 0 spiro atoms. The number of aromatic nitrogens is 4. The molecule has 0 aliphatic rings. The number of aryl methyl sites for hydroxylation is 3. The van der Waals surface area contributed by atoms with Crippen LogP contribution in [0.3, 0.4) is 0 Å². The molecular formula is C13H20N6O. The summed E-state index contributed by atoms with van der Waals surface area (Å²) in [5.41, 5.74) is 2.12. The van der Waals surface area contributed by atoms with Crippen LogP contribution >= 0.6 is 0 Å². The molecule has 0 aliphatic heterocycles. The van der Waals surface area contributed by atoms with Crippen LogP contribution < -0.4 is 5.32 Å². The number of carbonyl (C=O) groups excluding carboxylic acids is 1. The Hall–Kier alpha value is -2.15. The first-order valence-corrected chi connectivity index (χ1v) is 6.41. The molecule has 1 N–H and O–H groups in total. The van der Waals surface area contributed by atoms with Crippen LogP contribution in [0.25, 0.3) is 0 Å². The second kappa shape index (κ2) is 5.87. The van der Waals surface area contributed by atoms with Crippen LogP contribution in [0.1, 0.15) is 11.3 Å². The van der Waals surface area contributed by atoms with Gasteiger partial charge >= 0.3 is 0 Å². The highest BCUT2D eigenvalue weighted by molar-refractivity contribution is 5.91. The fourth-order valence-corrected chi connectivity index (χ4v) is 2.06. The van der Waals surface area contributed by atoms with Crippen molar-refractivity contribution in [1.82, 2.24) is 24.5 Å². The zero-order valence-corrected chi connectivity index (χ0v) is 12.3. The second-order valence-electron chi connectivity index (χ2n) is 5.01. The van der Waals surface area contributed by atoms with Gasteiger partial charge in [0.15, 0.2) is 5.82 Å². The van der Waals surface area contributed by atoms with Crippen molar-refractivity contribution in [3.8, 4) is 0 Å². The number of likely N-dealkylation sites (N-methyl/N-ethyl adjacent to an activating group) is 1. The smallest absolute Gasteiger partial charge is 0.239 e. The Morgan fingerprint density at radius 3 is 2.65 bits per heavy atom. The summed E-state index contributed by atoms with van der Waals surface area (Å²) < 4.78 is 3.44. The van der Waals surface area contributed by atoms with E-state index >= 15 is 0 Å². The van der Waals surface area contributed by atoms with Crippen molar-refractivity contribution in [3.63, 3.8) is 0 Å². The Kier molecular flexibility index (Phi) is 4.19. The fourth-order valence-electron chi connectivity index (χ4n) is 2.06. The summed E-state index contributed by atoms with van der Waals surface area (Å²) >= 11 is 0. The Morgan fingerprint density at radius 1 is 1.35 bits per heavy atom. The molecule has 7 nitrogen and oxygen atoms in total. The van der Waals surface area contributed by atoms with Gasteiger partial charge in [0.25, 0.3) is 0 Å². The second-order valence-corrected chi connectivity index (χ2v) is 5.01. The summed E-state index contributed by atoms with van der Waals surface area (Å²) in [4.78, 5) is 13.8. The lowest BCUT2D eigenvalue weighted by Crippen LogP contribution is -2.30.